The molecule has 5 nitrogen and oxygen atoms in total. The Morgan fingerprint density at radius 3 is 2.00 bits per heavy atom. The van der Waals surface area contributed by atoms with Gasteiger partial charge in [0.05, 0.1) is 38.8 Å². The fourth-order valence-electron chi connectivity index (χ4n) is 9.79. The SMILES string of the molecule is C1=Cc2nc(-n3c4ccc5ccccc5c4c4c5oc6ccccc6c5cc(-c5ccc(-n6c7ccccc7c7ccccc76)cc5)c43)nc(-c3ccccc3)c2CC1. The summed E-state index contributed by atoms with van der Waals surface area (Å²) in [6, 6.07) is 60.8. The van der Waals surface area contributed by atoms with Crippen LogP contribution in [0.5, 0.6) is 0 Å². The van der Waals surface area contributed by atoms with E-state index in [0.717, 1.165) is 95.7 Å². The minimum Gasteiger partial charge on any atom is -0.455 e. The van der Waals surface area contributed by atoms with Crippen molar-refractivity contribution >= 4 is 82.4 Å². The zero-order valence-electron chi connectivity index (χ0n) is 31.9. The number of hydrogen-bond donors (Lipinski definition) is 0. The normalized spacial score (nSPS) is 12.9. The number of aromatic nitrogens is 4. The second-order valence-electron chi connectivity index (χ2n) is 15.6. The summed E-state index contributed by atoms with van der Waals surface area (Å²) in [6.07, 6.45) is 6.27. The molecule has 0 spiro atoms. The van der Waals surface area contributed by atoms with Crippen LogP contribution < -0.4 is 0 Å². The zero-order chi connectivity index (χ0) is 38.6. The molecule has 59 heavy (non-hydrogen) atoms. The molecule has 0 bridgehead atoms. The first kappa shape index (κ1) is 32.3. The smallest absolute Gasteiger partial charge is 0.235 e. The van der Waals surface area contributed by atoms with Gasteiger partial charge in [0, 0.05) is 49.3 Å². The maximum Gasteiger partial charge on any atom is 0.235 e. The fourth-order valence-corrected chi connectivity index (χ4v) is 9.79. The summed E-state index contributed by atoms with van der Waals surface area (Å²) in [6.45, 7) is 0. The highest BCUT2D eigenvalue weighted by molar-refractivity contribution is 6.32. The first-order valence-corrected chi connectivity index (χ1v) is 20.3. The van der Waals surface area contributed by atoms with Crippen molar-refractivity contribution in [1.29, 1.82) is 0 Å². The molecule has 0 radical (unpaired) electrons. The van der Waals surface area contributed by atoms with E-state index in [1.54, 1.807) is 0 Å². The van der Waals surface area contributed by atoms with E-state index >= 15 is 0 Å². The van der Waals surface area contributed by atoms with Crippen molar-refractivity contribution in [3.05, 3.63) is 187 Å². The maximum absolute atomic E-state index is 6.93. The number of rotatable bonds is 4. The molecule has 4 heterocycles. The Morgan fingerprint density at radius 1 is 0.508 bits per heavy atom. The van der Waals surface area contributed by atoms with Crippen LogP contribution in [0.2, 0.25) is 0 Å². The van der Waals surface area contributed by atoms with E-state index in [0.29, 0.717) is 5.95 Å². The molecule has 0 N–H and O–H groups in total. The van der Waals surface area contributed by atoms with E-state index < -0.39 is 0 Å². The van der Waals surface area contributed by atoms with Crippen LogP contribution in [0.25, 0.3) is 116 Å². The molecular formula is C54H34N4O. The number of hydrogen-bond acceptors (Lipinski definition) is 3. The van der Waals surface area contributed by atoms with E-state index in [4.69, 9.17) is 14.4 Å². The van der Waals surface area contributed by atoms with Crippen molar-refractivity contribution in [2.24, 2.45) is 0 Å². The fraction of sp³-hybridized carbons (Fsp3) is 0.0370. The van der Waals surface area contributed by atoms with Gasteiger partial charge in [0.25, 0.3) is 0 Å². The van der Waals surface area contributed by atoms with Crippen molar-refractivity contribution in [3.8, 4) is 34.0 Å². The summed E-state index contributed by atoms with van der Waals surface area (Å²) in [5.41, 5.74) is 13.7. The van der Waals surface area contributed by atoms with Gasteiger partial charge in [0.1, 0.15) is 11.2 Å². The van der Waals surface area contributed by atoms with E-state index in [2.05, 4.69) is 191 Å². The minimum absolute atomic E-state index is 0.642. The monoisotopic (exact) mass is 754 g/mol. The van der Waals surface area contributed by atoms with Gasteiger partial charge in [0.15, 0.2) is 0 Å². The van der Waals surface area contributed by atoms with Gasteiger partial charge < -0.3 is 8.98 Å². The second-order valence-corrected chi connectivity index (χ2v) is 15.6. The van der Waals surface area contributed by atoms with Crippen molar-refractivity contribution in [3.63, 3.8) is 0 Å². The molecule has 8 aromatic carbocycles. The molecule has 1 aliphatic carbocycles. The molecule has 0 fully saturated rings. The van der Waals surface area contributed by atoms with Crippen LogP contribution in [0.3, 0.4) is 0 Å². The number of fused-ring (bicyclic) bond motifs is 13. The Hall–Kier alpha value is -7.76. The van der Waals surface area contributed by atoms with Crippen LogP contribution in [-0.2, 0) is 6.42 Å². The molecule has 1 aliphatic rings. The maximum atomic E-state index is 6.93. The van der Waals surface area contributed by atoms with Crippen LogP contribution in [0, 0.1) is 0 Å². The molecule has 5 heteroatoms. The van der Waals surface area contributed by atoms with Crippen LogP contribution in [0.1, 0.15) is 17.7 Å². The lowest BCUT2D eigenvalue weighted by Gasteiger charge is -2.18. The first-order chi connectivity index (χ1) is 29.3. The molecule has 0 saturated heterocycles. The molecule has 4 aromatic heterocycles. The summed E-state index contributed by atoms with van der Waals surface area (Å²) in [7, 11) is 0. The molecule has 0 aliphatic heterocycles. The highest BCUT2D eigenvalue weighted by atomic mass is 16.3. The number of para-hydroxylation sites is 3. The Morgan fingerprint density at radius 2 is 1.20 bits per heavy atom. The van der Waals surface area contributed by atoms with Gasteiger partial charge in [0.2, 0.25) is 5.95 Å². The summed E-state index contributed by atoms with van der Waals surface area (Å²) in [5, 5.41) is 9.19. The Labute approximate surface area is 338 Å². The van der Waals surface area contributed by atoms with E-state index in [-0.39, 0.29) is 0 Å². The predicted molar refractivity (Wildman–Crippen MR) is 244 cm³/mol. The highest BCUT2D eigenvalue weighted by Crippen LogP contribution is 2.47. The lowest BCUT2D eigenvalue weighted by Crippen LogP contribution is -2.10. The van der Waals surface area contributed by atoms with Gasteiger partial charge in [-0.25, -0.2) is 9.97 Å². The van der Waals surface area contributed by atoms with Crippen LogP contribution in [0.15, 0.2) is 180 Å². The summed E-state index contributed by atoms with van der Waals surface area (Å²) < 4.78 is 11.6. The molecule has 0 atom stereocenters. The zero-order valence-corrected chi connectivity index (χ0v) is 31.9. The number of benzene rings is 8. The van der Waals surface area contributed by atoms with Crippen molar-refractivity contribution in [2.75, 3.05) is 0 Å². The van der Waals surface area contributed by atoms with Crippen LogP contribution in [-0.4, -0.2) is 19.1 Å². The molecule has 0 unspecified atom stereocenters. The molecular weight excluding hydrogens is 721 g/mol. The third-order valence-electron chi connectivity index (χ3n) is 12.4. The Balaban J connectivity index is 1.16. The lowest BCUT2D eigenvalue weighted by atomic mass is 9.96. The lowest BCUT2D eigenvalue weighted by molar-refractivity contribution is 0.673. The van der Waals surface area contributed by atoms with Gasteiger partial charge in [-0.15, -0.1) is 0 Å². The van der Waals surface area contributed by atoms with Crippen LogP contribution >= 0.6 is 0 Å². The third kappa shape index (κ3) is 4.67. The van der Waals surface area contributed by atoms with E-state index in [1.807, 2.05) is 0 Å². The molecule has 13 rings (SSSR count). The quantitative estimate of drug-likeness (QED) is 0.180. The van der Waals surface area contributed by atoms with Crippen molar-refractivity contribution in [1.82, 2.24) is 19.1 Å². The van der Waals surface area contributed by atoms with E-state index in [1.165, 1.54) is 32.8 Å². The van der Waals surface area contributed by atoms with Crippen molar-refractivity contribution < 1.29 is 4.42 Å². The molecule has 0 saturated carbocycles. The Bertz CT molecular complexity index is 3660. The third-order valence-corrected chi connectivity index (χ3v) is 12.4. The minimum atomic E-state index is 0.642. The topological polar surface area (TPSA) is 48.8 Å². The van der Waals surface area contributed by atoms with Gasteiger partial charge >= 0.3 is 0 Å². The molecule has 12 aromatic rings. The van der Waals surface area contributed by atoms with Gasteiger partial charge in [-0.2, -0.15) is 0 Å². The summed E-state index contributed by atoms with van der Waals surface area (Å²) in [5.74, 6) is 0.642. The average Bonchev–Trinajstić information content (AvgIpc) is 3.97. The van der Waals surface area contributed by atoms with Gasteiger partial charge in [-0.3, -0.25) is 4.57 Å². The van der Waals surface area contributed by atoms with Gasteiger partial charge in [-0.05, 0) is 77.7 Å². The number of allylic oxidation sites excluding steroid dienone is 1. The molecule has 276 valence electrons. The van der Waals surface area contributed by atoms with Crippen molar-refractivity contribution in [2.45, 2.75) is 12.8 Å². The first-order valence-electron chi connectivity index (χ1n) is 20.3. The summed E-state index contributed by atoms with van der Waals surface area (Å²) in [4.78, 5) is 10.9. The number of nitrogens with zero attached hydrogens (tertiary/aromatic N) is 4. The van der Waals surface area contributed by atoms with Crippen LogP contribution in [0.4, 0.5) is 0 Å². The van der Waals surface area contributed by atoms with E-state index in [9.17, 15) is 0 Å². The number of furan rings is 1. The largest absolute Gasteiger partial charge is 0.455 e. The second kappa shape index (κ2) is 12.4. The predicted octanol–water partition coefficient (Wildman–Crippen LogP) is 14.0. The van der Waals surface area contributed by atoms with Gasteiger partial charge in [-0.1, -0.05) is 133 Å². The standard InChI is InChI=1S/C54H34N4O/c1-2-15-35(16-3-1)51-41-21-6-10-22-44(41)55-54(56-51)58-47-31-28-33-14-4-5-17-37(33)49(47)50-52(58)42(32-43-40-20-9-13-25-48(40)59-53(43)50)34-26-29-36(30-27-34)57-45-23-11-7-18-38(45)39-19-8-12-24-46(39)57/h1-5,7-20,22-32H,6,21H2. The Kier molecular flexibility index (Phi) is 6.78. The summed E-state index contributed by atoms with van der Waals surface area (Å²) >= 11 is 0. The molecule has 0 amide bonds. The highest BCUT2D eigenvalue weighted by Gasteiger charge is 2.27. The average molecular weight is 755 g/mol.